The minimum absolute atomic E-state index is 0.0173. The predicted octanol–water partition coefficient (Wildman–Crippen LogP) is 0.414. The third kappa shape index (κ3) is 2.02. The standard InChI is InChI=1S/C11H15N3O3/c1-13-6-7(5-12-13)10-8(11(16)17)3-4-9(15)14(10)2/h5-6,8,10H,3-4H2,1-2H3,(H,16,17)/t8-,10-/m0/s1. The van der Waals surface area contributed by atoms with Crippen LogP contribution in [0.4, 0.5) is 0 Å². The molecule has 6 heteroatoms. The van der Waals surface area contributed by atoms with Gasteiger partial charge >= 0.3 is 5.97 Å². The molecule has 0 aliphatic carbocycles. The lowest BCUT2D eigenvalue weighted by atomic mass is 9.86. The Balaban J connectivity index is 2.36. The highest BCUT2D eigenvalue weighted by Gasteiger charge is 2.39. The van der Waals surface area contributed by atoms with E-state index in [1.54, 1.807) is 31.2 Å². The fraction of sp³-hybridized carbons (Fsp3) is 0.545. The molecule has 0 bridgehead atoms. The number of carbonyl (C=O) groups excluding carboxylic acids is 1. The van der Waals surface area contributed by atoms with E-state index in [1.807, 2.05) is 0 Å². The SMILES string of the molecule is CN1C(=O)CC[C@H](C(=O)O)[C@@H]1c1cnn(C)c1. The van der Waals surface area contributed by atoms with Gasteiger partial charge in [-0.3, -0.25) is 14.3 Å². The molecule has 0 radical (unpaired) electrons. The van der Waals surface area contributed by atoms with Crippen molar-refractivity contribution in [1.29, 1.82) is 0 Å². The van der Waals surface area contributed by atoms with Crippen LogP contribution in [0.2, 0.25) is 0 Å². The van der Waals surface area contributed by atoms with Gasteiger partial charge in [0.2, 0.25) is 5.91 Å². The zero-order valence-electron chi connectivity index (χ0n) is 9.83. The number of likely N-dealkylation sites (tertiary alicyclic amines) is 1. The molecule has 1 aromatic rings. The van der Waals surface area contributed by atoms with Crippen molar-refractivity contribution in [3.05, 3.63) is 18.0 Å². The Morgan fingerprint density at radius 2 is 2.24 bits per heavy atom. The van der Waals surface area contributed by atoms with E-state index < -0.39 is 17.9 Å². The van der Waals surface area contributed by atoms with E-state index in [9.17, 15) is 14.7 Å². The van der Waals surface area contributed by atoms with Crippen molar-refractivity contribution in [1.82, 2.24) is 14.7 Å². The Kier molecular flexibility index (Phi) is 2.87. The first-order valence-corrected chi connectivity index (χ1v) is 5.47. The quantitative estimate of drug-likeness (QED) is 0.808. The van der Waals surface area contributed by atoms with Gasteiger partial charge in [-0.15, -0.1) is 0 Å². The predicted molar refractivity (Wildman–Crippen MR) is 59.1 cm³/mol. The van der Waals surface area contributed by atoms with Gasteiger partial charge in [-0.2, -0.15) is 5.10 Å². The number of carboxylic acids is 1. The molecule has 2 heterocycles. The lowest BCUT2D eigenvalue weighted by Gasteiger charge is -2.36. The minimum Gasteiger partial charge on any atom is -0.481 e. The van der Waals surface area contributed by atoms with Crippen molar-refractivity contribution in [2.75, 3.05) is 7.05 Å². The molecule has 0 aromatic carbocycles. The van der Waals surface area contributed by atoms with Crippen LogP contribution in [0, 0.1) is 5.92 Å². The van der Waals surface area contributed by atoms with Crippen LogP contribution in [0.1, 0.15) is 24.4 Å². The average Bonchev–Trinajstić information content (AvgIpc) is 2.68. The number of aryl methyl sites for hydroxylation is 1. The number of hydrogen-bond donors (Lipinski definition) is 1. The van der Waals surface area contributed by atoms with E-state index in [0.717, 1.165) is 5.56 Å². The number of aliphatic carboxylic acids is 1. The molecule has 2 rings (SSSR count). The second-order valence-corrected chi connectivity index (χ2v) is 4.38. The first-order chi connectivity index (χ1) is 8.00. The maximum Gasteiger partial charge on any atom is 0.308 e. The van der Waals surface area contributed by atoms with Crippen molar-refractivity contribution >= 4 is 11.9 Å². The Morgan fingerprint density at radius 3 is 2.76 bits per heavy atom. The summed E-state index contributed by atoms with van der Waals surface area (Å²) in [5.74, 6) is -1.43. The Bertz CT molecular complexity index is 455. The van der Waals surface area contributed by atoms with Crippen LogP contribution in [0.15, 0.2) is 12.4 Å². The third-order valence-electron chi connectivity index (χ3n) is 3.24. The van der Waals surface area contributed by atoms with Crippen LogP contribution in [-0.4, -0.2) is 38.7 Å². The molecule has 1 fully saturated rings. The van der Waals surface area contributed by atoms with Crippen molar-refractivity contribution in [2.24, 2.45) is 13.0 Å². The number of carbonyl (C=O) groups is 2. The molecule has 1 amide bonds. The smallest absolute Gasteiger partial charge is 0.308 e. The van der Waals surface area contributed by atoms with E-state index in [1.165, 1.54) is 4.90 Å². The molecule has 17 heavy (non-hydrogen) atoms. The van der Waals surface area contributed by atoms with Gasteiger partial charge in [0, 0.05) is 32.3 Å². The highest BCUT2D eigenvalue weighted by atomic mass is 16.4. The Labute approximate surface area is 98.8 Å². The van der Waals surface area contributed by atoms with Crippen LogP contribution in [0.5, 0.6) is 0 Å². The number of rotatable bonds is 2. The van der Waals surface area contributed by atoms with Gasteiger partial charge < -0.3 is 10.0 Å². The molecule has 92 valence electrons. The second kappa shape index (κ2) is 4.20. The molecule has 1 aliphatic heterocycles. The highest BCUT2D eigenvalue weighted by molar-refractivity contribution is 5.81. The summed E-state index contributed by atoms with van der Waals surface area (Å²) in [5, 5.41) is 13.2. The Morgan fingerprint density at radius 1 is 1.53 bits per heavy atom. The topological polar surface area (TPSA) is 75.4 Å². The average molecular weight is 237 g/mol. The number of nitrogens with zero attached hydrogens (tertiary/aromatic N) is 3. The largest absolute Gasteiger partial charge is 0.481 e. The molecule has 1 aromatic heterocycles. The monoisotopic (exact) mass is 237 g/mol. The number of aromatic nitrogens is 2. The van der Waals surface area contributed by atoms with Gasteiger partial charge in [0.05, 0.1) is 18.2 Å². The van der Waals surface area contributed by atoms with E-state index in [2.05, 4.69) is 5.10 Å². The van der Waals surface area contributed by atoms with E-state index in [-0.39, 0.29) is 5.91 Å². The summed E-state index contributed by atoms with van der Waals surface area (Å²) in [6.45, 7) is 0. The number of hydrogen-bond acceptors (Lipinski definition) is 3. The van der Waals surface area contributed by atoms with Crippen molar-refractivity contribution < 1.29 is 14.7 Å². The summed E-state index contributed by atoms with van der Waals surface area (Å²) < 4.78 is 1.61. The summed E-state index contributed by atoms with van der Waals surface area (Å²) in [6.07, 6.45) is 4.06. The third-order valence-corrected chi connectivity index (χ3v) is 3.24. The Hall–Kier alpha value is -1.85. The summed E-state index contributed by atoms with van der Waals surface area (Å²) in [6, 6.07) is -0.414. The normalized spacial score (nSPS) is 25.1. The van der Waals surface area contributed by atoms with E-state index >= 15 is 0 Å². The second-order valence-electron chi connectivity index (χ2n) is 4.38. The van der Waals surface area contributed by atoms with Crippen molar-refractivity contribution in [3.63, 3.8) is 0 Å². The zero-order chi connectivity index (χ0) is 12.6. The lowest BCUT2D eigenvalue weighted by molar-refractivity contribution is -0.150. The molecule has 1 N–H and O–H groups in total. The van der Waals surface area contributed by atoms with Gasteiger partial charge in [-0.25, -0.2) is 0 Å². The maximum absolute atomic E-state index is 11.7. The molecule has 1 aliphatic rings. The molecule has 2 atom stereocenters. The number of carboxylic acid groups (broad SMARTS) is 1. The maximum atomic E-state index is 11.7. The summed E-state index contributed by atoms with van der Waals surface area (Å²) >= 11 is 0. The molecular formula is C11H15N3O3. The van der Waals surface area contributed by atoms with Crippen molar-refractivity contribution in [3.8, 4) is 0 Å². The minimum atomic E-state index is -0.863. The van der Waals surface area contributed by atoms with E-state index in [0.29, 0.717) is 12.8 Å². The molecule has 6 nitrogen and oxygen atoms in total. The first-order valence-electron chi connectivity index (χ1n) is 5.47. The first kappa shape index (κ1) is 11.6. The van der Waals surface area contributed by atoms with Crippen LogP contribution in [0.25, 0.3) is 0 Å². The fourth-order valence-corrected chi connectivity index (χ4v) is 2.35. The van der Waals surface area contributed by atoms with Gasteiger partial charge in [0.25, 0.3) is 0 Å². The van der Waals surface area contributed by atoms with E-state index in [4.69, 9.17) is 0 Å². The summed E-state index contributed by atoms with van der Waals surface area (Å²) in [7, 11) is 3.42. The summed E-state index contributed by atoms with van der Waals surface area (Å²) in [5.41, 5.74) is 0.774. The van der Waals surface area contributed by atoms with Crippen LogP contribution >= 0.6 is 0 Å². The highest BCUT2D eigenvalue weighted by Crippen LogP contribution is 2.35. The van der Waals surface area contributed by atoms with Crippen LogP contribution < -0.4 is 0 Å². The summed E-state index contributed by atoms with van der Waals surface area (Å²) in [4.78, 5) is 24.4. The van der Waals surface area contributed by atoms with Crippen molar-refractivity contribution in [2.45, 2.75) is 18.9 Å². The van der Waals surface area contributed by atoms with Gasteiger partial charge in [-0.1, -0.05) is 0 Å². The zero-order valence-corrected chi connectivity index (χ0v) is 9.83. The molecule has 0 spiro atoms. The lowest BCUT2D eigenvalue weighted by Crippen LogP contribution is -2.42. The van der Waals surface area contributed by atoms with Gasteiger partial charge in [0.1, 0.15) is 0 Å². The molecule has 0 saturated carbocycles. The molecular weight excluding hydrogens is 222 g/mol. The molecule has 0 unspecified atom stereocenters. The molecule has 1 saturated heterocycles. The number of piperidine rings is 1. The van der Waals surface area contributed by atoms with Crippen LogP contribution in [-0.2, 0) is 16.6 Å². The number of amides is 1. The van der Waals surface area contributed by atoms with Gasteiger partial charge in [0.15, 0.2) is 0 Å². The fourth-order valence-electron chi connectivity index (χ4n) is 2.35. The van der Waals surface area contributed by atoms with Crippen LogP contribution in [0.3, 0.4) is 0 Å². The van der Waals surface area contributed by atoms with Gasteiger partial charge in [-0.05, 0) is 6.42 Å².